The third-order valence-electron chi connectivity index (χ3n) is 6.96. The van der Waals surface area contributed by atoms with Gasteiger partial charge < -0.3 is 24.1 Å². The first-order valence-electron chi connectivity index (χ1n) is 13.5. The number of hydrogen-bond acceptors (Lipinski definition) is 7. The molecule has 2 heterocycles. The summed E-state index contributed by atoms with van der Waals surface area (Å²) in [4.78, 5) is 30.3. The number of aryl methyl sites for hydroxylation is 1. The predicted molar refractivity (Wildman–Crippen MR) is 157 cm³/mol. The Hall–Kier alpha value is -4.33. The second-order valence-corrected chi connectivity index (χ2v) is 10.1. The van der Waals surface area contributed by atoms with Crippen molar-refractivity contribution >= 4 is 28.5 Å². The molecule has 1 amide bonds. The Morgan fingerprint density at radius 2 is 1.85 bits per heavy atom. The fourth-order valence-corrected chi connectivity index (χ4v) is 4.71. The lowest BCUT2D eigenvalue weighted by Gasteiger charge is -2.23. The van der Waals surface area contributed by atoms with Crippen LogP contribution in [0.1, 0.15) is 54.9 Å². The molecule has 4 aromatic rings. The van der Waals surface area contributed by atoms with Gasteiger partial charge in [-0.2, -0.15) is 0 Å². The van der Waals surface area contributed by atoms with Crippen LogP contribution in [0.15, 0.2) is 65.2 Å². The molecule has 1 atom stereocenters. The lowest BCUT2D eigenvalue weighted by Crippen LogP contribution is -2.29. The maximum atomic E-state index is 12.8. The van der Waals surface area contributed by atoms with Gasteiger partial charge in [0.25, 0.3) is 5.91 Å². The van der Waals surface area contributed by atoms with Crippen LogP contribution in [0, 0.1) is 12.8 Å². The normalized spacial score (nSPS) is 11.9. The van der Waals surface area contributed by atoms with Crippen LogP contribution in [0.2, 0.25) is 0 Å². The highest BCUT2D eigenvalue weighted by Crippen LogP contribution is 2.38. The number of benzene rings is 2. The van der Waals surface area contributed by atoms with E-state index in [2.05, 4.69) is 37.1 Å². The summed E-state index contributed by atoms with van der Waals surface area (Å²) < 4.78 is 16.8. The molecule has 0 aliphatic carbocycles. The van der Waals surface area contributed by atoms with E-state index in [4.69, 9.17) is 13.9 Å². The second-order valence-electron chi connectivity index (χ2n) is 10.1. The first-order valence-corrected chi connectivity index (χ1v) is 13.5. The molecule has 0 aliphatic heterocycles. The summed E-state index contributed by atoms with van der Waals surface area (Å²) in [5.74, 6) is 1.23. The average molecular weight is 544 g/mol. The molecule has 4 rings (SSSR count). The number of carbonyl (C=O) groups is 2. The van der Waals surface area contributed by atoms with Gasteiger partial charge in [-0.25, -0.2) is 4.98 Å². The second kappa shape index (κ2) is 12.7. The minimum absolute atomic E-state index is 0.0856. The van der Waals surface area contributed by atoms with E-state index in [1.54, 1.807) is 39.4 Å². The SMILES string of the molecule is CCOC(=O)CCN(C)C(=O)c1ccc(NC(c2oc3ccc(-c4cccnc4OC)cc3c2C)C(C)C)cc1. The molecule has 1 N–H and O–H groups in total. The number of furan rings is 1. The van der Waals surface area contributed by atoms with Gasteiger partial charge in [-0.15, -0.1) is 0 Å². The fraction of sp³-hybridized carbons (Fsp3) is 0.344. The van der Waals surface area contributed by atoms with Gasteiger partial charge in [0.05, 0.1) is 26.2 Å². The molecule has 0 saturated carbocycles. The van der Waals surface area contributed by atoms with Crippen LogP contribution in [-0.2, 0) is 9.53 Å². The molecule has 210 valence electrons. The van der Waals surface area contributed by atoms with Gasteiger partial charge in [0.15, 0.2) is 0 Å². The predicted octanol–water partition coefficient (Wildman–Crippen LogP) is 6.65. The van der Waals surface area contributed by atoms with Crippen LogP contribution in [0.3, 0.4) is 0 Å². The summed E-state index contributed by atoms with van der Waals surface area (Å²) in [5.41, 5.74) is 5.25. The number of nitrogens with one attached hydrogen (secondary N) is 1. The van der Waals surface area contributed by atoms with Gasteiger partial charge in [0.1, 0.15) is 11.3 Å². The van der Waals surface area contributed by atoms with Crippen LogP contribution in [0.4, 0.5) is 5.69 Å². The average Bonchev–Trinajstić information content (AvgIpc) is 3.29. The first-order chi connectivity index (χ1) is 19.2. The molecule has 0 saturated heterocycles. The van der Waals surface area contributed by atoms with Gasteiger partial charge >= 0.3 is 5.97 Å². The monoisotopic (exact) mass is 543 g/mol. The molecule has 0 aliphatic rings. The number of methoxy groups -OCH3 is 1. The largest absolute Gasteiger partial charge is 0.481 e. The number of hydrogen-bond donors (Lipinski definition) is 1. The molecule has 1 unspecified atom stereocenters. The summed E-state index contributed by atoms with van der Waals surface area (Å²) in [6.45, 7) is 8.76. The summed E-state index contributed by atoms with van der Waals surface area (Å²) in [5, 5.41) is 4.64. The number of ether oxygens (including phenoxy) is 2. The highest BCUT2D eigenvalue weighted by atomic mass is 16.5. The standard InChI is InChI=1S/C32H37N3O5/c1-7-39-28(36)16-18-35(5)32(37)22-10-13-24(14-11-22)34-29(20(2)3)30-21(4)26-19-23(12-15-27(26)40-30)25-9-8-17-33-31(25)38-6/h8-15,17,19-20,29,34H,7,16,18H2,1-6H3. The van der Waals surface area contributed by atoms with Gasteiger partial charge in [-0.1, -0.05) is 19.9 Å². The number of anilines is 1. The Morgan fingerprint density at radius 3 is 2.52 bits per heavy atom. The van der Waals surface area contributed by atoms with Crippen molar-refractivity contribution < 1.29 is 23.5 Å². The minimum Gasteiger partial charge on any atom is -0.481 e. The van der Waals surface area contributed by atoms with E-state index in [9.17, 15) is 9.59 Å². The van der Waals surface area contributed by atoms with Crippen molar-refractivity contribution in [2.45, 2.75) is 40.2 Å². The molecular formula is C32H37N3O5. The molecule has 0 fully saturated rings. The van der Waals surface area contributed by atoms with E-state index in [1.807, 2.05) is 36.4 Å². The molecule has 8 heteroatoms. The molecule has 2 aromatic carbocycles. The van der Waals surface area contributed by atoms with E-state index >= 15 is 0 Å². The third-order valence-corrected chi connectivity index (χ3v) is 6.96. The molecular weight excluding hydrogens is 506 g/mol. The van der Waals surface area contributed by atoms with Crippen LogP contribution in [0.5, 0.6) is 5.88 Å². The lowest BCUT2D eigenvalue weighted by molar-refractivity contribution is -0.143. The van der Waals surface area contributed by atoms with Crippen LogP contribution in [0.25, 0.3) is 22.1 Å². The van der Waals surface area contributed by atoms with E-state index < -0.39 is 0 Å². The van der Waals surface area contributed by atoms with Crippen LogP contribution < -0.4 is 10.1 Å². The number of rotatable bonds is 11. The zero-order chi connectivity index (χ0) is 28.8. The molecule has 0 bridgehead atoms. The number of aromatic nitrogens is 1. The zero-order valence-corrected chi connectivity index (χ0v) is 24.0. The number of carbonyl (C=O) groups excluding carboxylic acids is 2. The number of nitrogens with zero attached hydrogens (tertiary/aromatic N) is 2. The van der Waals surface area contributed by atoms with Crippen molar-refractivity contribution in [3.63, 3.8) is 0 Å². The van der Waals surface area contributed by atoms with Crippen molar-refractivity contribution in [2.75, 3.05) is 32.6 Å². The van der Waals surface area contributed by atoms with Gasteiger partial charge in [-0.05, 0) is 73.9 Å². The maximum Gasteiger partial charge on any atom is 0.307 e. The molecule has 0 radical (unpaired) electrons. The molecule has 8 nitrogen and oxygen atoms in total. The zero-order valence-electron chi connectivity index (χ0n) is 24.0. The van der Waals surface area contributed by atoms with Gasteiger partial charge in [0.2, 0.25) is 5.88 Å². The Kier molecular flexibility index (Phi) is 9.09. The summed E-state index contributed by atoms with van der Waals surface area (Å²) >= 11 is 0. The van der Waals surface area contributed by atoms with Crippen LogP contribution in [-0.4, -0.2) is 49.1 Å². The minimum atomic E-state index is -0.310. The first kappa shape index (κ1) is 28.7. The van der Waals surface area contributed by atoms with Crippen molar-refractivity contribution in [1.29, 1.82) is 0 Å². The van der Waals surface area contributed by atoms with Crippen LogP contribution >= 0.6 is 0 Å². The van der Waals surface area contributed by atoms with Gasteiger partial charge in [0, 0.05) is 47.6 Å². The fourth-order valence-electron chi connectivity index (χ4n) is 4.71. The Balaban J connectivity index is 1.53. The van der Waals surface area contributed by atoms with E-state index in [1.165, 1.54) is 4.90 Å². The van der Waals surface area contributed by atoms with E-state index in [0.29, 0.717) is 24.6 Å². The highest BCUT2D eigenvalue weighted by molar-refractivity contribution is 5.94. The Labute approximate surface area is 235 Å². The summed E-state index contributed by atoms with van der Waals surface area (Å²) in [7, 11) is 3.31. The quantitative estimate of drug-likeness (QED) is 0.212. The number of pyridine rings is 1. The number of esters is 1. The molecule has 40 heavy (non-hydrogen) atoms. The third kappa shape index (κ3) is 6.28. The highest BCUT2D eigenvalue weighted by Gasteiger charge is 2.24. The maximum absolute atomic E-state index is 12.8. The lowest BCUT2D eigenvalue weighted by atomic mass is 9.97. The van der Waals surface area contributed by atoms with Crippen molar-refractivity contribution in [3.8, 4) is 17.0 Å². The molecule has 0 spiro atoms. The Bertz CT molecular complexity index is 1480. The Morgan fingerprint density at radius 1 is 1.10 bits per heavy atom. The topological polar surface area (TPSA) is 93.9 Å². The van der Waals surface area contributed by atoms with E-state index in [0.717, 1.165) is 39.1 Å². The molecule has 2 aromatic heterocycles. The summed E-state index contributed by atoms with van der Waals surface area (Å²) in [6, 6.07) is 17.3. The van der Waals surface area contributed by atoms with Crippen molar-refractivity contribution in [2.24, 2.45) is 5.92 Å². The smallest absolute Gasteiger partial charge is 0.307 e. The van der Waals surface area contributed by atoms with Crippen molar-refractivity contribution in [3.05, 3.63) is 77.7 Å². The summed E-state index contributed by atoms with van der Waals surface area (Å²) in [6.07, 6.45) is 1.88. The number of amides is 1. The van der Waals surface area contributed by atoms with Gasteiger partial charge in [-0.3, -0.25) is 9.59 Å². The van der Waals surface area contributed by atoms with E-state index in [-0.39, 0.29) is 30.3 Å². The number of fused-ring (bicyclic) bond motifs is 1. The van der Waals surface area contributed by atoms with Crippen molar-refractivity contribution in [1.82, 2.24) is 9.88 Å².